The van der Waals surface area contributed by atoms with Gasteiger partial charge in [-0.05, 0) is 43.3 Å². The first-order valence-electron chi connectivity index (χ1n) is 6.02. The molecule has 2 rings (SSSR count). The van der Waals surface area contributed by atoms with Gasteiger partial charge in [0.1, 0.15) is 5.76 Å². The molecule has 1 aromatic carbocycles. The Bertz CT molecular complexity index is 580. The Morgan fingerprint density at radius 1 is 1.37 bits per heavy atom. The molecule has 1 N–H and O–H groups in total. The molecule has 4 heteroatoms. The van der Waals surface area contributed by atoms with Gasteiger partial charge >= 0.3 is 0 Å². The fraction of sp³-hybridized carbons (Fsp3) is 0.200. The summed E-state index contributed by atoms with van der Waals surface area (Å²) in [5, 5.41) is 11.6. The molecule has 1 amide bonds. The number of benzene rings is 1. The molecule has 2 aromatic rings. The third kappa shape index (κ3) is 3.46. The zero-order chi connectivity index (χ0) is 13.7. The second-order valence-electron chi connectivity index (χ2n) is 4.35. The van der Waals surface area contributed by atoms with E-state index in [0.717, 1.165) is 5.76 Å². The summed E-state index contributed by atoms with van der Waals surface area (Å²) >= 11 is 0. The molecule has 0 spiro atoms. The molecule has 1 aromatic heterocycles. The standard InChI is InChI=1S/C15H14N2O2/c1-11(9-14-3-2-8-19-14)17-15(18)13-6-4-12(10-16)5-7-13/h2-8,11H,9H2,1H3,(H,17,18)/t11-/m1/s1. The molecule has 0 aliphatic rings. The highest BCUT2D eigenvalue weighted by Gasteiger charge is 2.11. The van der Waals surface area contributed by atoms with Crippen molar-refractivity contribution in [3.8, 4) is 6.07 Å². The van der Waals surface area contributed by atoms with Crippen LogP contribution in [0.2, 0.25) is 0 Å². The second kappa shape index (κ2) is 5.87. The van der Waals surface area contributed by atoms with Gasteiger partial charge in [0.25, 0.3) is 5.91 Å². The van der Waals surface area contributed by atoms with Gasteiger partial charge in [-0.25, -0.2) is 0 Å². The molecule has 0 fully saturated rings. The molecule has 0 radical (unpaired) electrons. The molecular weight excluding hydrogens is 240 g/mol. The van der Waals surface area contributed by atoms with Gasteiger partial charge in [-0.1, -0.05) is 0 Å². The first-order chi connectivity index (χ1) is 9.19. The summed E-state index contributed by atoms with van der Waals surface area (Å²) in [6.45, 7) is 1.92. The summed E-state index contributed by atoms with van der Waals surface area (Å²) in [5.74, 6) is 0.691. The van der Waals surface area contributed by atoms with E-state index in [1.807, 2.05) is 25.1 Å². The maximum atomic E-state index is 12.0. The number of nitriles is 1. The predicted molar refractivity (Wildman–Crippen MR) is 70.5 cm³/mol. The van der Waals surface area contributed by atoms with Crippen LogP contribution in [0.15, 0.2) is 47.1 Å². The fourth-order valence-corrected chi connectivity index (χ4v) is 1.78. The minimum atomic E-state index is -0.149. The number of carbonyl (C=O) groups excluding carboxylic acids is 1. The van der Waals surface area contributed by atoms with Crippen molar-refractivity contribution in [1.29, 1.82) is 5.26 Å². The lowest BCUT2D eigenvalue weighted by Gasteiger charge is -2.12. The average molecular weight is 254 g/mol. The number of rotatable bonds is 4. The number of furan rings is 1. The van der Waals surface area contributed by atoms with Crippen molar-refractivity contribution >= 4 is 5.91 Å². The SMILES string of the molecule is C[C@H](Cc1ccco1)NC(=O)c1ccc(C#N)cc1. The average Bonchev–Trinajstić information content (AvgIpc) is 2.91. The van der Waals surface area contributed by atoms with Crippen LogP contribution in [0, 0.1) is 11.3 Å². The fourth-order valence-electron chi connectivity index (χ4n) is 1.78. The quantitative estimate of drug-likeness (QED) is 0.911. The van der Waals surface area contributed by atoms with Crippen molar-refractivity contribution in [3.63, 3.8) is 0 Å². The van der Waals surface area contributed by atoms with Gasteiger partial charge < -0.3 is 9.73 Å². The molecule has 96 valence electrons. The Kier molecular flexibility index (Phi) is 3.99. The van der Waals surface area contributed by atoms with Gasteiger partial charge in [0.15, 0.2) is 0 Å². The van der Waals surface area contributed by atoms with Crippen LogP contribution in [-0.2, 0) is 6.42 Å². The molecular formula is C15H14N2O2. The van der Waals surface area contributed by atoms with Gasteiger partial charge in [0, 0.05) is 18.0 Å². The predicted octanol–water partition coefficient (Wildman–Crippen LogP) is 2.51. The number of amides is 1. The van der Waals surface area contributed by atoms with Crippen molar-refractivity contribution in [2.24, 2.45) is 0 Å². The lowest BCUT2D eigenvalue weighted by molar-refractivity contribution is 0.0939. The number of carbonyl (C=O) groups is 1. The van der Waals surface area contributed by atoms with Crippen LogP contribution in [0.3, 0.4) is 0 Å². The van der Waals surface area contributed by atoms with Crippen LogP contribution in [0.1, 0.15) is 28.6 Å². The van der Waals surface area contributed by atoms with E-state index >= 15 is 0 Å². The van der Waals surface area contributed by atoms with Crippen molar-refractivity contribution < 1.29 is 9.21 Å². The van der Waals surface area contributed by atoms with Gasteiger partial charge in [-0.3, -0.25) is 4.79 Å². The Labute approximate surface area is 111 Å². The first-order valence-corrected chi connectivity index (χ1v) is 6.02. The Balaban J connectivity index is 1.94. The topological polar surface area (TPSA) is 66.0 Å². The van der Waals surface area contributed by atoms with Crippen LogP contribution < -0.4 is 5.32 Å². The van der Waals surface area contributed by atoms with E-state index in [9.17, 15) is 4.79 Å². The van der Waals surface area contributed by atoms with E-state index < -0.39 is 0 Å². The molecule has 0 saturated heterocycles. The molecule has 19 heavy (non-hydrogen) atoms. The first kappa shape index (κ1) is 12.9. The molecule has 0 unspecified atom stereocenters. The maximum absolute atomic E-state index is 12.0. The van der Waals surface area contributed by atoms with Gasteiger partial charge in [0.05, 0.1) is 17.9 Å². The number of hydrogen-bond donors (Lipinski definition) is 1. The van der Waals surface area contributed by atoms with Crippen LogP contribution in [-0.4, -0.2) is 11.9 Å². The van der Waals surface area contributed by atoms with Crippen LogP contribution in [0.4, 0.5) is 0 Å². The summed E-state index contributed by atoms with van der Waals surface area (Å²) < 4.78 is 5.23. The van der Waals surface area contributed by atoms with E-state index in [2.05, 4.69) is 5.32 Å². The van der Waals surface area contributed by atoms with E-state index in [-0.39, 0.29) is 11.9 Å². The Morgan fingerprint density at radius 3 is 2.68 bits per heavy atom. The van der Waals surface area contributed by atoms with Gasteiger partial charge in [-0.15, -0.1) is 0 Å². The normalized spacial score (nSPS) is 11.6. The molecule has 0 aliphatic carbocycles. The highest BCUT2D eigenvalue weighted by molar-refractivity contribution is 5.94. The van der Waals surface area contributed by atoms with Crippen molar-refractivity contribution in [3.05, 3.63) is 59.5 Å². The van der Waals surface area contributed by atoms with Crippen molar-refractivity contribution in [2.75, 3.05) is 0 Å². The summed E-state index contributed by atoms with van der Waals surface area (Å²) in [6, 6.07) is 12.3. The van der Waals surface area contributed by atoms with E-state index in [0.29, 0.717) is 17.5 Å². The number of nitrogens with one attached hydrogen (secondary N) is 1. The van der Waals surface area contributed by atoms with E-state index in [1.54, 1.807) is 30.5 Å². The van der Waals surface area contributed by atoms with Crippen molar-refractivity contribution in [1.82, 2.24) is 5.32 Å². The van der Waals surface area contributed by atoms with Crippen molar-refractivity contribution in [2.45, 2.75) is 19.4 Å². The van der Waals surface area contributed by atoms with Crippen LogP contribution >= 0.6 is 0 Å². The molecule has 0 aliphatic heterocycles. The lowest BCUT2D eigenvalue weighted by Crippen LogP contribution is -2.33. The highest BCUT2D eigenvalue weighted by Crippen LogP contribution is 2.06. The Hall–Kier alpha value is -2.54. The van der Waals surface area contributed by atoms with Gasteiger partial charge in [0.2, 0.25) is 0 Å². The maximum Gasteiger partial charge on any atom is 0.251 e. The van der Waals surface area contributed by atoms with E-state index in [1.165, 1.54) is 0 Å². The number of nitrogens with zero attached hydrogens (tertiary/aromatic N) is 1. The smallest absolute Gasteiger partial charge is 0.251 e. The summed E-state index contributed by atoms with van der Waals surface area (Å²) in [7, 11) is 0. The molecule has 0 bridgehead atoms. The third-order valence-corrected chi connectivity index (χ3v) is 2.74. The van der Waals surface area contributed by atoms with E-state index in [4.69, 9.17) is 9.68 Å². The molecule has 1 atom stereocenters. The largest absolute Gasteiger partial charge is 0.469 e. The zero-order valence-corrected chi connectivity index (χ0v) is 10.6. The summed E-state index contributed by atoms with van der Waals surface area (Å²) in [6.07, 6.45) is 2.26. The van der Waals surface area contributed by atoms with Crippen LogP contribution in [0.25, 0.3) is 0 Å². The monoisotopic (exact) mass is 254 g/mol. The molecule has 1 heterocycles. The molecule has 4 nitrogen and oxygen atoms in total. The minimum absolute atomic E-state index is 0.0192. The third-order valence-electron chi connectivity index (χ3n) is 2.74. The minimum Gasteiger partial charge on any atom is -0.469 e. The summed E-state index contributed by atoms with van der Waals surface area (Å²) in [4.78, 5) is 12.0. The van der Waals surface area contributed by atoms with Gasteiger partial charge in [-0.2, -0.15) is 5.26 Å². The number of hydrogen-bond acceptors (Lipinski definition) is 3. The summed E-state index contributed by atoms with van der Waals surface area (Å²) in [5.41, 5.74) is 1.09. The molecule has 0 saturated carbocycles. The Morgan fingerprint density at radius 2 is 2.11 bits per heavy atom. The van der Waals surface area contributed by atoms with Crippen LogP contribution in [0.5, 0.6) is 0 Å². The highest BCUT2D eigenvalue weighted by atomic mass is 16.3. The zero-order valence-electron chi connectivity index (χ0n) is 10.6. The second-order valence-corrected chi connectivity index (χ2v) is 4.35. The lowest BCUT2D eigenvalue weighted by atomic mass is 10.1.